The molecule has 0 saturated heterocycles. The molecule has 0 fully saturated rings. The Morgan fingerprint density at radius 2 is 1.23 bits per heavy atom. The fourth-order valence-corrected chi connectivity index (χ4v) is 7.84. The Morgan fingerprint density at radius 1 is 0.651 bits per heavy atom. The monoisotopic (exact) mass is 577 g/mol. The minimum absolute atomic E-state index is 0.347. The molecule has 0 radical (unpaired) electrons. The second kappa shape index (κ2) is 13.0. The van der Waals surface area contributed by atoms with Crippen LogP contribution < -0.4 is 5.32 Å². The van der Waals surface area contributed by atoms with E-state index < -0.39 is 0 Å². The van der Waals surface area contributed by atoms with Gasteiger partial charge in [0.1, 0.15) is 0 Å². The number of nitrogens with zero attached hydrogens (tertiary/aromatic N) is 3. The van der Waals surface area contributed by atoms with Gasteiger partial charge >= 0.3 is 0 Å². The number of aliphatic imine (C=N–C) groups is 3. The third-order valence-corrected chi connectivity index (χ3v) is 9.83. The first-order valence-electron chi connectivity index (χ1n) is 16.9. The molecule has 0 aliphatic carbocycles. The van der Waals surface area contributed by atoms with Crippen LogP contribution in [0.5, 0.6) is 0 Å². The second-order valence-electron chi connectivity index (χ2n) is 11.9. The summed E-state index contributed by atoms with van der Waals surface area (Å²) in [4.78, 5) is 20.1. The van der Waals surface area contributed by atoms with Gasteiger partial charge in [0, 0.05) is 47.7 Å². The van der Waals surface area contributed by atoms with E-state index in [0.29, 0.717) is 11.8 Å². The van der Waals surface area contributed by atoms with Crippen LogP contribution in [0.15, 0.2) is 72.2 Å². The Balaban J connectivity index is 1.89. The summed E-state index contributed by atoms with van der Waals surface area (Å²) in [6, 6.07) is 0. The summed E-state index contributed by atoms with van der Waals surface area (Å²) < 4.78 is 0. The second-order valence-corrected chi connectivity index (χ2v) is 11.9. The van der Waals surface area contributed by atoms with Gasteiger partial charge in [-0.2, -0.15) is 0 Å². The first kappa shape index (κ1) is 31.0. The van der Waals surface area contributed by atoms with Crippen LogP contribution in [-0.4, -0.2) is 29.2 Å². The number of hydrogen-bond acceptors (Lipinski definition) is 4. The van der Waals surface area contributed by atoms with Crippen molar-refractivity contribution in [3.05, 3.63) is 79.7 Å². The molecule has 0 aromatic carbocycles. The summed E-state index contributed by atoms with van der Waals surface area (Å²) in [7, 11) is 1.99. The van der Waals surface area contributed by atoms with E-state index in [9.17, 15) is 0 Å². The molecule has 4 aliphatic rings. The molecule has 1 aromatic rings. The molecule has 228 valence electrons. The molecule has 5 nitrogen and oxygen atoms in total. The predicted octanol–water partition coefficient (Wildman–Crippen LogP) is 9.47. The summed E-state index contributed by atoms with van der Waals surface area (Å²) in [6.07, 6.45) is 16.9. The summed E-state index contributed by atoms with van der Waals surface area (Å²) in [6.45, 7) is 18.2. The molecular weight excluding hydrogens is 526 g/mol. The molecular formula is C38H51N5. The lowest BCUT2D eigenvalue weighted by atomic mass is 9.80. The minimum Gasteiger partial charge on any atom is -0.393 e. The third-order valence-electron chi connectivity index (χ3n) is 9.83. The fraction of sp³-hybridized carbons (Fsp3) is 0.500. The van der Waals surface area contributed by atoms with Crippen LogP contribution in [0.2, 0.25) is 0 Å². The van der Waals surface area contributed by atoms with Crippen molar-refractivity contribution < 1.29 is 0 Å². The zero-order valence-electron chi connectivity index (χ0n) is 28.0. The summed E-state index contributed by atoms with van der Waals surface area (Å²) in [5.74, 6) is 0.718. The van der Waals surface area contributed by atoms with Gasteiger partial charge in [-0.25, -0.2) is 9.98 Å². The van der Waals surface area contributed by atoms with Gasteiger partial charge in [-0.1, -0.05) is 55.4 Å². The van der Waals surface area contributed by atoms with Crippen molar-refractivity contribution in [2.75, 3.05) is 7.05 Å². The van der Waals surface area contributed by atoms with Crippen LogP contribution in [0.4, 0.5) is 0 Å². The molecule has 2 unspecified atom stereocenters. The Bertz CT molecular complexity index is 1570. The van der Waals surface area contributed by atoms with E-state index >= 15 is 0 Å². The summed E-state index contributed by atoms with van der Waals surface area (Å²) in [5.41, 5.74) is 18.4. The van der Waals surface area contributed by atoms with Crippen molar-refractivity contribution in [1.82, 2.24) is 10.3 Å². The van der Waals surface area contributed by atoms with Gasteiger partial charge in [0.15, 0.2) is 0 Å². The van der Waals surface area contributed by atoms with Crippen molar-refractivity contribution >= 4 is 29.3 Å². The number of aromatic nitrogens is 1. The molecule has 0 saturated carbocycles. The quantitative estimate of drug-likeness (QED) is 0.302. The van der Waals surface area contributed by atoms with Gasteiger partial charge < -0.3 is 10.3 Å². The zero-order valence-corrected chi connectivity index (χ0v) is 28.0. The average Bonchev–Trinajstić information content (AvgIpc) is 3.74. The van der Waals surface area contributed by atoms with E-state index in [2.05, 4.69) is 90.1 Å². The Labute approximate surface area is 259 Å². The molecule has 0 amide bonds. The SMILES string of the molecule is CCC1=C(CC)C2=NC1=Cc1[nH]c(c(CC)c1CC)C=C1N=C(/C(=C\NC)C3=NC(=C2)C(CC)=C3CC)C(CC)C1CC. The number of aromatic amines is 1. The first-order chi connectivity index (χ1) is 20.9. The van der Waals surface area contributed by atoms with Crippen LogP contribution in [0.3, 0.4) is 0 Å². The van der Waals surface area contributed by atoms with Gasteiger partial charge in [0.2, 0.25) is 0 Å². The number of rotatable bonds is 9. The van der Waals surface area contributed by atoms with E-state index in [4.69, 9.17) is 15.0 Å². The number of nitrogens with one attached hydrogen (secondary N) is 2. The molecule has 5 heteroatoms. The van der Waals surface area contributed by atoms with Crippen molar-refractivity contribution in [2.24, 2.45) is 26.8 Å². The lowest BCUT2D eigenvalue weighted by Crippen LogP contribution is -2.24. The lowest BCUT2D eigenvalue weighted by Gasteiger charge is -2.21. The zero-order chi connectivity index (χ0) is 30.8. The minimum atomic E-state index is 0.347. The van der Waals surface area contributed by atoms with Crippen molar-refractivity contribution in [1.29, 1.82) is 0 Å². The highest BCUT2D eigenvalue weighted by Crippen LogP contribution is 2.43. The Hall–Kier alpha value is -3.47. The highest BCUT2D eigenvalue weighted by Gasteiger charge is 2.38. The lowest BCUT2D eigenvalue weighted by molar-refractivity contribution is 0.475. The largest absolute Gasteiger partial charge is 0.393 e. The van der Waals surface area contributed by atoms with Crippen LogP contribution in [0.25, 0.3) is 12.2 Å². The smallest absolute Gasteiger partial charge is 0.0777 e. The Morgan fingerprint density at radius 3 is 1.79 bits per heavy atom. The van der Waals surface area contributed by atoms with Gasteiger partial charge in [0.25, 0.3) is 0 Å². The van der Waals surface area contributed by atoms with Gasteiger partial charge in [0.05, 0.1) is 28.5 Å². The third kappa shape index (κ3) is 5.19. The number of fused-ring (bicyclic) bond motifs is 5. The van der Waals surface area contributed by atoms with Crippen LogP contribution >= 0.6 is 0 Å². The number of H-pyrrole nitrogens is 1. The molecule has 43 heavy (non-hydrogen) atoms. The molecule has 5 rings (SSSR count). The molecule has 2 N–H and O–H groups in total. The molecule has 1 aromatic heterocycles. The topological polar surface area (TPSA) is 64.9 Å². The normalized spacial score (nSPS) is 22.6. The van der Waals surface area contributed by atoms with E-state index in [1.54, 1.807) is 0 Å². The predicted molar refractivity (Wildman–Crippen MR) is 186 cm³/mol. The van der Waals surface area contributed by atoms with Gasteiger partial charge in [-0.05, 0) is 103 Å². The summed E-state index contributed by atoms with van der Waals surface area (Å²) in [5, 5.41) is 3.37. The fourth-order valence-electron chi connectivity index (χ4n) is 7.84. The molecule has 4 aliphatic heterocycles. The van der Waals surface area contributed by atoms with Gasteiger partial charge in [-0.3, -0.25) is 4.99 Å². The maximum Gasteiger partial charge on any atom is 0.0777 e. The Kier molecular flexibility index (Phi) is 9.39. The van der Waals surface area contributed by atoms with E-state index in [0.717, 1.165) is 79.8 Å². The molecule has 0 spiro atoms. The summed E-state index contributed by atoms with van der Waals surface area (Å²) >= 11 is 0. The first-order valence-corrected chi connectivity index (χ1v) is 16.9. The highest BCUT2D eigenvalue weighted by molar-refractivity contribution is 6.33. The van der Waals surface area contributed by atoms with Crippen molar-refractivity contribution in [3.8, 4) is 0 Å². The number of allylic oxidation sites excluding steroid dienone is 7. The van der Waals surface area contributed by atoms with Crippen molar-refractivity contribution in [2.45, 2.75) is 107 Å². The van der Waals surface area contributed by atoms with Crippen LogP contribution in [0, 0.1) is 11.8 Å². The van der Waals surface area contributed by atoms with E-state index in [1.807, 2.05) is 7.05 Å². The van der Waals surface area contributed by atoms with E-state index in [1.165, 1.54) is 56.2 Å². The maximum absolute atomic E-state index is 5.49. The molecule has 5 heterocycles. The molecule has 2 atom stereocenters. The molecule has 8 bridgehead atoms. The van der Waals surface area contributed by atoms with Crippen molar-refractivity contribution in [3.63, 3.8) is 0 Å². The maximum atomic E-state index is 5.49. The van der Waals surface area contributed by atoms with Gasteiger partial charge in [-0.15, -0.1) is 0 Å². The van der Waals surface area contributed by atoms with E-state index in [-0.39, 0.29) is 0 Å². The van der Waals surface area contributed by atoms with Crippen LogP contribution in [0.1, 0.15) is 116 Å². The van der Waals surface area contributed by atoms with Crippen LogP contribution in [-0.2, 0) is 12.8 Å². The average molecular weight is 578 g/mol. The highest BCUT2D eigenvalue weighted by atomic mass is 14.9. The number of hydrogen-bond donors (Lipinski definition) is 2. The standard InChI is InChI=1S/C38H51N5/c1-10-22-24(12-3)33-19-35-26(14-5)28(16-7)37(42-35)30(21-39-9)38-29(17-8)27(15-6)36(43-38)20-34-25(13-4)23(11-2)32(41-34)18-31(22)40-33/h18-21,26,28,39-40H,10-17H2,1-9H3/b30-21+,32-18?,35-19?,36-20?.